The fraction of sp³-hybridized carbons (Fsp3) is 0.857. The molecule has 0 bridgehead atoms. The predicted molar refractivity (Wildman–Crippen MR) is 41.0 cm³/mol. The molecular formula is C7H14N2O2. The van der Waals surface area contributed by atoms with Crippen LogP contribution < -0.4 is 5.73 Å². The van der Waals surface area contributed by atoms with Gasteiger partial charge < -0.3 is 10.5 Å². The second kappa shape index (κ2) is 3.69. The van der Waals surface area contributed by atoms with Gasteiger partial charge in [0.25, 0.3) is 0 Å². The van der Waals surface area contributed by atoms with E-state index in [1.807, 2.05) is 11.8 Å². The van der Waals surface area contributed by atoms with Crippen LogP contribution >= 0.6 is 0 Å². The quantitative estimate of drug-likeness (QED) is 0.534. The molecule has 0 aromatic carbocycles. The van der Waals surface area contributed by atoms with Crippen LogP contribution in [0.2, 0.25) is 0 Å². The number of hydrogen-bond acceptors (Lipinski definition) is 4. The summed E-state index contributed by atoms with van der Waals surface area (Å²) in [5, 5.41) is 0. The number of rotatable bonds is 2. The Morgan fingerprint density at radius 2 is 2.55 bits per heavy atom. The number of hydrogen-bond donors (Lipinski definition) is 1. The van der Waals surface area contributed by atoms with E-state index in [2.05, 4.69) is 0 Å². The van der Waals surface area contributed by atoms with E-state index in [1.165, 1.54) is 0 Å². The maximum absolute atomic E-state index is 10.8. The van der Waals surface area contributed by atoms with Crippen LogP contribution in [0.4, 0.5) is 0 Å². The normalized spacial score (nSPS) is 22.9. The van der Waals surface area contributed by atoms with E-state index in [0.717, 1.165) is 13.1 Å². The molecule has 64 valence electrons. The molecule has 4 heteroatoms. The maximum Gasteiger partial charge on any atom is 0.320 e. The van der Waals surface area contributed by atoms with Gasteiger partial charge in [0.15, 0.2) is 0 Å². The van der Waals surface area contributed by atoms with Gasteiger partial charge in [-0.25, -0.2) is 0 Å². The van der Waals surface area contributed by atoms with Crippen LogP contribution in [0, 0.1) is 0 Å². The van der Waals surface area contributed by atoms with Gasteiger partial charge in [0.05, 0.1) is 6.54 Å². The molecule has 0 radical (unpaired) electrons. The number of carbonyl (C=O) groups is 1. The first-order valence-electron chi connectivity index (χ1n) is 3.82. The van der Waals surface area contributed by atoms with Crippen LogP contribution in [-0.2, 0) is 9.53 Å². The molecule has 0 saturated carbocycles. The smallest absolute Gasteiger partial charge is 0.320 e. The lowest BCUT2D eigenvalue weighted by Gasteiger charge is -2.26. The maximum atomic E-state index is 10.8. The van der Waals surface area contributed by atoms with Gasteiger partial charge in [-0.15, -0.1) is 0 Å². The summed E-state index contributed by atoms with van der Waals surface area (Å²) >= 11 is 0. The Hall–Kier alpha value is -0.610. The van der Waals surface area contributed by atoms with E-state index >= 15 is 0 Å². The number of nitrogens with two attached hydrogens (primary N) is 1. The van der Waals surface area contributed by atoms with Gasteiger partial charge in [0, 0.05) is 19.1 Å². The molecule has 0 amide bonds. The number of cyclic esters (lactones) is 1. The first kappa shape index (κ1) is 8.49. The molecule has 1 heterocycles. The average Bonchev–Trinajstić information content (AvgIpc) is 1.85. The highest BCUT2D eigenvalue weighted by Crippen LogP contribution is 1.98. The second-order valence-corrected chi connectivity index (χ2v) is 2.93. The first-order chi connectivity index (χ1) is 5.18. The second-order valence-electron chi connectivity index (χ2n) is 2.93. The van der Waals surface area contributed by atoms with Gasteiger partial charge in [0.1, 0.15) is 6.61 Å². The fourth-order valence-electron chi connectivity index (χ4n) is 1.16. The lowest BCUT2D eigenvalue weighted by molar-refractivity contribution is -0.150. The SMILES string of the molecule is CC(N)CN1CCOC(=O)C1. The highest BCUT2D eigenvalue weighted by molar-refractivity contribution is 5.72. The zero-order chi connectivity index (χ0) is 8.27. The summed E-state index contributed by atoms with van der Waals surface area (Å²) in [4.78, 5) is 12.8. The van der Waals surface area contributed by atoms with E-state index in [-0.39, 0.29) is 12.0 Å². The summed E-state index contributed by atoms with van der Waals surface area (Å²) in [6.07, 6.45) is 0. The van der Waals surface area contributed by atoms with Crippen LogP contribution in [0.1, 0.15) is 6.92 Å². The van der Waals surface area contributed by atoms with Crippen LogP contribution in [0.5, 0.6) is 0 Å². The van der Waals surface area contributed by atoms with Crippen LogP contribution in [0.3, 0.4) is 0 Å². The number of carbonyl (C=O) groups excluding carboxylic acids is 1. The first-order valence-corrected chi connectivity index (χ1v) is 3.82. The van der Waals surface area contributed by atoms with E-state index in [9.17, 15) is 4.79 Å². The Kier molecular flexibility index (Phi) is 2.84. The summed E-state index contributed by atoms with van der Waals surface area (Å²) < 4.78 is 4.77. The molecule has 0 aliphatic carbocycles. The van der Waals surface area contributed by atoms with Gasteiger partial charge in [-0.3, -0.25) is 9.69 Å². The van der Waals surface area contributed by atoms with Crippen molar-refractivity contribution in [3.8, 4) is 0 Å². The summed E-state index contributed by atoms with van der Waals surface area (Å²) in [5.41, 5.74) is 5.57. The Balaban J connectivity index is 2.28. The van der Waals surface area contributed by atoms with E-state index in [0.29, 0.717) is 13.2 Å². The van der Waals surface area contributed by atoms with Crippen molar-refractivity contribution in [3.05, 3.63) is 0 Å². The Morgan fingerprint density at radius 3 is 3.09 bits per heavy atom. The Bertz CT molecular complexity index is 147. The van der Waals surface area contributed by atoms with Crippen molar-refractivity contribution >= 4 is 5.97 Å². The van der Waals surface area contributed by atoms with Crippen molar-refractivity contribution in [2.75, 3.05) is 26.2 Å². The van der Waals surface area contributed by atoms with Gasteiger partial charge in [0.2, 0.25) is 0 Å². The van der Waals surface area contributed by atoms with Crippen molar-refractivity contribution in [1.82, 2.24) is 4.90 Å². The van der Waals surface area contributed by atoms with Gasteiger partial charge in [-0.1, -0.05) is 0 Å². The molecule has 1 rings (SSSR count). The molecule has 1 fully saturated rings. The number of nitrogens with zero attached hydrogens (tertiary/aromatic N) is 1. The number of esters is 1. The molecule has 11 heavy (non-hydrogen) atoms. The molecule has 2 N–H and O–H groups in total. The molecule has 1 aliphatic rings. The van der Waals surface area contributed by atoms with Crippen molar-refractivity contribution in [2.24, 2.45) is 5.73 Å². The van der Waals surface area contributed by atoms with Gasteiger partial charge >= 0.3 is 5.97 Å². The van der Waals surface area contributed by atoms with E-state index < -0.39 is 0 Å². The molecule has 1 atom stereocenters. The summed E-state index contributed by atoms with van der Waals surface area (Å²) in [6.45, 7) is 4.41. The topological polar surface area (TPSA) is 55.6 Å². The average molecular weight is 158 g/mol. The molecule has 1 aliphatic heterocycles. The Morgan fingerprint density at radius 1 is 1.82 bits per heavy atom. The van der Waals surface area contributed by atoms with Crippen molar-refractivity contribution in [3.63, 3.8) is 0 Å². The predicted octanol–water partition coefficient (Wildman–Crippen LogP) is -0.808. The van der Waals surface area contributed by atoms with Crippen LogP contribution in [0.15, 0.2) is 0 Å². The summed E-state index contributed by atoms with van der Waals surface area (Å²) in [5.74, 6) is -0.142. The lowest BCUT2D eigenvalue weighted by atomic mass is 10.3. The molecular weight excluding hydrogens is 144 g/mol. The number of morpholine rings is 1. The highest BCUT2D eigenvalue weighted by atomic mass is 16.5. The third-order valence-electron chi connectivity index (χ3n) is 1.57. The summed E-state index contributed by atoms with van der Waals surface area (Å²) in [6, 6.07) is 0.126. The molecule has 0 spiro atoms. The Labute approximate surface area is 66.3 Å². The van der Waals surface area contributed by atoms with Crippen LogP contribution in [0.25, 0.3) is 0 Å². The highest BCUT2D eigenvalue weighted by Gasteiger charge is 2.17. The molecule has 1 unspecified atom stereocenters. The van der Waals surface area contributed by atoms with Gasteiger partial charge in [-0.05, 0) is 6.92 Å². The minimum Gasteiger partial charge on any atom is -0.463 e. The standard InChI is InChI=1S/C7H14N2O2/c1-6(8)4-9-2-3-11-7(10)5-9/h6H,2-5,8H2,1H3. The fourth-order valence-corrected chi connectivity index (χ4v) is 1.16. The third kappa shape index (κ3) is 2.86. The molecule has 4 nitrogen and oxygen atoms in total. The molecule has 0 aromatic rings. The molecule has 1 saturated heterocycles. The van der Waals surface area contributed by atoms with Crippen molar-refractivity contribution in [2.45, 2.75) is 13.0 Å². The lowest BCUT2D eigenvalue weighted by Crippen LogP contribution is -2.44. The summed E-state index contributed by atoms with van der Waals surface area (Å²) in [7, 11) is 0. The monoisotopic (exact) mass is 158 g/mol. The number of ether oxygens (including phenoxy) is 1. The minimum atomic E-state index is -0.142. The van der Waals surface area contributed by atoms with Gasteiger partial charge in [-0.2, -0.15) is 0 Å². The minimum absolute atomic E-state index is 0.126. The van der Waals surface area contributed by atoms with Crippen molar-refractivity contribution in [1.29, 1.82) is 0 Å². The van der Waals surface area contributed by atoms with E-state index in [1.54, 1.807) is 0 Å². The van der Waals surface area contributed by atoms with Crippen molar-refractivity contribution < 1.29 is 9.53 Å². The zero-order valence-electron chi connectivity index (χ0n) is 6.75. The van der Waals surface area contributed by atoms with Crippen LogP contribution in [-0.4, -0.2) is 43.2 Å². The van der Waals surface area contributed by atoms with E-state index in [4.69, 9.17) is 10.5 Å². The largest absolute Gasteiger partial charge is 0.463 e. The zero-order valence-corrected chi connectivity index (χ0v) is 6.75. The molecule has 0 aromatic heterocycles. The third-order valence-corrected chi connectivity index (χ3v) is 1.57.